The molecule has 1 heterocycles. The average molecular weight is 370 g/mol. The largest absolute Gasteiger partial charge is 0.444 e. The number of fused-ring (bicyclic) bond motifs is 1. The van der Waals surface area contributed by atoms with Crippen LogP contribution in [0.25, 0.3) is 11.1 Å². The molecule has 0 radical (unpaired) electrons. The predicted molar refractivity (Wildman–Crippen MR) is 89.1 cm³/mol. The lowest BCUT2D eigenvalue weighted by Gasteiger charge is -2.19. The van der Waals surface area contributed by atoms with Crippen molar-refractivity contribution in [3.8, 4) is 0 Å². The van der Waals surface area contributed by atoms with Crippen molar-refractivity contribution in [2.75, 3.05) is 18.4 Å². The molecular weight excluding hydrogens is 350 g/mol. The van der Waals surface area contributed by atoms with Gasteiger partial charge in [0.05, 0.1) is 0 Å². The lowest BCUT2D eigenvalue weighted by molar-refractivity contribution is 0.0528. The first-order chi connectivity index (χ1) is 10.3. The molecule has 0 aliphatic rings. The number of nitrogens with one attached hydrogen (secondary N) is 2. The Hall–Kier alpha value is -1.76. The number of benzene rings is 1. The monoisotopic (exact) mass is 369 g/mol. The lowest BCUT2D eigenvalue weighted by Crippen LogP contribution is -2.33. The van der Waals surface area contributed by atoms with Crippen molar-refractivity contribution in [2.45, 2.75) is 32.8 Å². The number of nitrogens with zero attached hydrogens (tertiary/aromatic N) is 1. The van der Waals surface area contributed by atoms with Gasteiger partial charge in [-0.1, -0.05) is 15.9 Å². The van der Waals surface area contributed by atoms with Crippen molar-refractivity contribution in [3.63, 3.8) is 0 Å². The number of amides is 1. The molecule has 2 N–H and O–H groups in total. The molecule has 2 rings (SSSR count). The van der Waals surface area contributed by atoms with Crippen LogP contribution in [0.5, 0.6) is 0 Å². The van der Waals surface area contributed by atoms with E-state index in [1.165, 1.54) is 0 Å². The van der Waals surface area contributed by atoms with Crippen molar-refractivity contribution in [3.05, 3.63) is 22.7 Å². The molecule has 0 aliphatic carbocycles. The van der Waals surface area contributed by atoms with Crippen LogP contribution in [0.15, 0.2) is 27.1 Å². The number of hydrogen-bond donors (Lipinski definition) is 2. The average Bonchev–Trinajstić information content (AvgIpc) is 2.78. The van der Waals surface area contributed by atoms with Gasteiger partial charge in [-0.3, -0.25) is 0 Å². The van der Waals surface area contributed by atoms with Crippen LogP contribution < -0.4 is 10.6 Å². The number of rotatable bonds is 5. The van der Waals surface area contributed by atoms with Crippen LogP contribution in [0.2, 0.25) is 0 Å². The Bertz CT molecular complexity index is 649. The van der Waals surface area contributed by atoms with E-state index in [9.17, 15) is 4.79 Å². The van der Waals surface area contributed by atoms with Crippen LogP contribution >= 0.6 is 15.9 Å². The van der Waals surface area contributed by atoms with Gasteiger partial charge in [0.25, 0.3) is 6.01 Å². The molecule has 0 fully saturated rings. The zero-order valence-electron chi connectivity index (χ0n) is 12.9. The minimum atomic E-state index is -0.477. The summed E-state index contributed by atoms with van der Waals surface area (Å²) >= 11 is 3.39. The van der Waals surface area contributed by atoms with Crippen LogP contribution in [0.3, 0.4) is 0 Å². The third-order valence-electron chi connectivity index (χ3n) is 2.65. The summed E-state index contributed by atoms with van der Waals surface area (Å²) in [7, 11) is 0. The summed E-state index contributed by atoms with van der Waals surface area (Å²) in [6.07, 6.45) is 0.334. The van der Waals surface area contributed by atoms with E-state index in [4.69, 9.17) is 9.15 Å². The van der Waals surface area contributed by atoms with E-state index in [1.54, 1.807) is 0 Å². The number of hydrogen-bond acceptors (Lipinski definition) is 5. The van der Waals surface area contributed by atoms with Gasteiger partial charge in [-0.15, -0.1) is 0 Å². The second-order valence-electron chi connectivity index (χ2n) is 5.84. The third kappa shape index (κ3) is 5.22. The Balaban J connectivity index is 1.71. The number of aromatic nitrogens is 1. The van der Waals surface area contributed by atoms with E-state index in [0.717, 1.165) is 22.0 Å². The van der Waals surface area contributed by atoms with Gasteiger partial charge in [0.1, 0.15) is 11.1 Å². The van der Waals surface area contributed by atoms with Gasteiger partial charge in [0.15, 0.2) is 5.58 Å². The molecule has 0 unspecified atom stereocenters. The number of carbonyl (C=O) groups is 1. The Labute approximate surface area is 137 Å². The highest BCUT2D eigenvalue weighted by Gasteiger charge is 2.15. The molecule has 22 heavy (non-hydrogen) atoms. The Morgan fingerprint density at radius 2 is 2.14 bits per heavy atom. The van der Waals surface area contributed by atoms with Crippen molar-refractivity contribution in [2.24, 2.45) is 0 Å². The van der Waals surface area contributed by atoms with E-state index < -0.39 is 11.7 Å². The van der Waals surface area contributed by atoms with Crippen molar-refractivity contribution < 1.29 is 13.9 Å². The Morgan fingerprint density at radius 3 is 2.86 bits per heavy atom. The minimum absolute atomic E-state index is 0.404. The van der Waals surface area contributed by atoms with Crippen LogP contribution in [-0.4, -0.2) is 29.8 Å². The van der Waals surface area contributed by atoms with Crippen LogP contribution in [-0.2, 0) is 4.74 Å². The fourth-order valence-corrected chi connectivity index (χ4v) is 2.10. The summed E-state index contributed by atoms with van der Waals surface area (Å²) in [5.74, 6) is 0. The first kappa shape index (κ1) is 16.6. The fraction of sp³-hybridized carbons (Fsp3) is 0.467. The zero-order chi connectivity index (χ0) is 16.2. The summed E-state index contributed by atoms with van der Waals surface area (Å²) < 4.78 is 11.7. The van der Waals surface area contributed by atoms with Gasteiger partial charge in [-0.05, 0) is 45.4 Å². The Morgan fingerprint density at radius 1 is 1.36 bits per heavy atom. The second kappa shape index (κ2) is 7.00. The van der Waals surface area contributed by atoms with E-state index in [2.05, 4.69) is 31.5 Å². The molecule has 0 saturated carbocycles. The van der Waals surface area contributed by atoms with Crippen LogP contribution in [0.4, 0.5) is 10.8 Å². The fourth-order valence-electron chi connectivity index (χ4n) is 1.76. The minimum Gasteiger partial charge on any atom is -0.444 e. The maximum Gasteiger partial charge on any atom is 0.407 e. The van der Waals surface area contributed by atoms with E-state index in [1.807, 2.05) is 39.0 Å². The number of alkyl carbamates (subject to hydrolysis) is 1. The van der Waals surface area contributed by atoms with Gasteiger partial charge in [-0.25, -0.2) is 4.79 Å². The molecule has 0 atom stereocenters. The summed E-state index contributed by atoms with van der Waals surface area (Å²) in [5, 5.41) is 5.79. The number of anilines is 1. The van der Waals surface area contributed by atoms with Crippen molar-refractivity contribution >= 4 is 39.1 Å². The highest BCUT2D eigenvalue weighted by atomic mass is 79.9. The number of ether oxygens (including phenoxy) is 1. The topological polar surface area (TPSA) is 76.4 Å². The van der Waals surface area contributed by atoms with E-state index in [-0.39, 0.29) is 0 Å². The first-order valence-electron chi connectivity index (χ1n) is 7.10. The molecule has 0 bridgehead atoms. The number of halogens is 1. The molecule has 0 saturated heterocycles. The highest BCUT2D eigenvalue weighted by Crippen LogP contribution is 2.22. The Kier molecular flexibility index (Phi) is 5.28. The van der Waals surface area contributed by atoms with E-state index in [0.29, 0.717) is 19.1 Å². The molecule has 0 aliphatic heterocycles. The summed E-state index contributed by atoms with van der Waals surface area (Å²) in [5.41, 5.74) is 1.05. The van der Waals surface area contributed by atoms with Crippen molar-refractivity contribution in [1.29, 1.82) is 0 Å². The summed E-state index contributed by atoms with van der Waals surface area (Å²) in [4.78, 5) is 15.8. The molecule has 7 heteroatoms. The van der Waals surface area contributed by atoms with Gasteiger partial charge >= 0.3 is 6.09 Å². The first-order valence-corrected chi connectivity index (χ1v) is 7.89. The molecule has 0 spiro atoms. The molecule has 1 amide bonds. The normalized spacial score (nSPS) is 11.5. The molecule has 2 aromatic rings. The number of carbonyl (C=O) groups excluding carboxylic acids is 1. The molecule has 6 nitrogen and oxygen atoms in total. The predicted octanol–water partition coefficient (Wildman–Crippen LogP) is 3.92. The smallest absolute Gasteiger partial charge is 0.407 e. The highest BCUT2D eigenvalue weighted by molar-refractivity contribution is 9.10. The molecule has 1 aromatic heterocycles. The van der Waals surface area contributed by atoms with Gasteiger partial charge in [0.2, 0.25) is 0 Å². The molecule has 1 aromatic carbocycles. The van der Waals surface area contributed by atoms with Gasteiger partial charge in [0, 0.05) is 17.6 Å². The maximum absolute atomic E-state index is 11.5. The van der Waals surface area contributed by atoms with Crippen LogP contribution in [0.1, 0.15) is 27.2 Å². The lowest BCUT2D eigenvalue weighted by atomic mass is 10.2. The number of oxazole rings is 1. The zero-order valence-corrected chi connectivity index (χ0v) is 14.5. The molecule has 120 valence electrons. The quantitative estimate of drug-likeness (QED) is 0.781. The maximum atomic E-state index is 11.5. The van der Waals surface area contributed by atoms with Crippen molar-refractivity contribution in [1.82, 2.24) is 10.3 Å². The van der Waals surface area contributed by atoms with Gasteiger partial charge in [-0.2, -0.15) is 4.98 Å². The van der Waals surface area contributed by atoms with Gasteiger partial charge < -0.3 is 19.8 Å². The third-order valence-corrected chi connectivity index (χ3v) is 3.14. The standard InChI is InChI=1S/C15H20BrN3O3/c1-15(2,3)22-14(20)18-8-4-7-17-13-19-11-6-5-10(16)9-12(11)21-13/h5-6,9H,4,7-8H2,1-3H3,(H,17,19)(H,18,20). The summed E-state index contributed by atoms with van der Waals surface area (Å²) in [6.45, 7) is 6.66. The SMILES string of the molecule is CC(C)(C)OC(=O)NCCCNc1nc2ccc(Br)cc2o1. The second-order valence-corrected chi connectivity index (χ2v) is 6.76. The summed E-state index contributed by atoms with van der Waals surface area (Å²) in [6, 6.07) is 6.15. The molecular formula is C15H20BrN3O3. The van der Waals surface area contributed by atoms with E-state index >= 15 is 0 Å². The van der Waals surface area contributed by atoms with Crippen LogP contribution in [0, 0.1) is 0 Å².